The Labute approximate surface area is 377 Å². The van der Waals surface area contributed by atoms with Gasteiger partial charge in [0.2, 0.25) is 0 Å². The molecule has 0 heterocycles. The van der Waals surface area contributed by atoms with Crippen LogP contribution in [0.2, 0.25) is 0 Å². The zero-order chi connectivity index (χ0) is 45.6. The van der Waals surface area contributed by atoms with Crippen LogP contribution in [0.15, 0.2) is 48.6 Å². The van der Waals surface area contributed by atoms with Crippen LogP contribution in [0.4, 0.5) is 0 Å². The lowest BCUT2D eigenvalue weighted by atomic mass is 10.0. The van der Waals surface area contributed by atoms with Gasteiger partial charge in [0.25, 0.3) is 0 Å². The van der Waals surface area contributed by atoms with Crippen molar-refractivity contribution in [3.63, 3.8) is 0 Å². The highest BCUT2D eigenvalue weighted by atomic mass is 31.2. The quantitative estimate of drug-likeness (QED) is 0.0230. The summed E-state index contributed by atoms with van der Waals surface area (Å²) in [5.41, 5.74) is 5.34. The van der Waals surface area contributed by atoms with Gasteiger partial charge < -0.3 is 25.2 Å². The molecule has 4 N–H and O–H groups in total. The summed E-state index contributed by atoms with van der Waals surface area (Å²) < 4.78 is 32.7. The second-order valence-corrected chi connectivity index (χ2v) is 18.1. The van der Waals surface area contributed by atoms with E-state index in [1.807, 2.05) is 6.08 Å². The molecule has 0 aliphatic heterocycles. The second-order valence-electron chi connectivity index (χ2n) is 16.6. The summed E-state index contributed by atoms with van der Waals surface area (Å²) in [6, 6.07) is -1.53. The maximum Gasteiger partial charge on any atom is 0.472 e. The van der Waals surface area contributed by atoms with Gasteiger partial charge in [0.15, 0.2) is 6.10 Å². The number of nitrogens with two attached hydrogens (primary N) is 1. The fourth-order valence-electron chi connectivity index (χ4n) is 6.71. The Morgan fingerprint density at radius 2 is 0.871 bits per heavy atom. The number of esters is 2. The molecule has 0 spiro atoms. The molecule has 0 aromatic carbocycles. The van der Waals surface area contributed by atoms with E-state index < -0.39 is 51.1 Å². The zero-order valence-electron chi connectivity index (χ0n) is 39.2. The summed E-state index contributed by atoms with van der Waals surface area (Å²) in [6.07, 6.45) is 51.8. The SMILES string of the molecule is CCCCCCCCC/C=C/C/C=C/C/C=C/C/C=C/CCCC(=O)OC[C@H](COP(=O)(O)OC[C@H](N)C(=O)O)OC(=O)CCCCCCCCCCCCCCCCCCC. The molecule has 360 valence electrons. The molecule has 11 nitrogen and oxygen atoms in total. The molecule has 62 heavy (non-hydrogen) atoms. The fourth-order valence-corrected chi connectivity index (χ4v) is 7.48. The third-order valence-corrected chi connectivity index (χ3v) is 11.5. The number of carboxylic acids is 1. The van der Waals surface area contributed by atoms with Gasteiger partial charge in [0, 0.05) is 12.8 Å². The first kappa shape index (κ1) is 59.4. The van der Waals surface area contributed by atoms with Gasteiger partial charge in [-0.2, -0.15) is 0 Å². The number of carbonyl (C=O) groups excluding carboxylic acids is 2. The lowest BCUT2D eigenvalue weighted by Gasteiger charge is -2.20. The third-order valence-electron chi connectivity index (χ3n) is 10.6. The van der Waals surface area contributed by atoms with E-state index >= 15 is 0 Å². The van der Waals surface area contributed by atoms with Crippen molar-refractivity contribution in [1.82, 2.24) is 0 Å². The van der Waals surface area contributed by atoms with E-state index in [4.69, 9.17) is 24.8 Å². The monoisotopic (exact) mass is 896 g/mol. The van der Waals surface area contributed by atoms with Gasteiger partial charge in [0.05, 0.1) is 13.2 Å². The minimum absolute atomic E-state index is 0.147. The molecule has 0 bridgehead atoms. The van der Waals surface area contributed by atoms with Crippen molar-refractivity contribution in [3.05, 3.63) is 48.6 Å². The molecular weight excluding hydrogens is 806 g/mol. The normalized spacial score (nSPS) is 14.0. The summed E-state index contributed by atoms with van der Waals surface area (Å²) in [6.45, 7) is 2.77. The Balaban J connectivity index is 4.36. The van der Waals surface area contributed by atoms with Crippen LogP contribution in [0.25, 0.3) is 0 Å². The first-order chi connectivity index (χ1) is 30.1. The van der Waals surface area contributed by atoms with Crippen molar-refractivity contribution in [2.24, 2.45) is 5.73 Å². The lowest BCUT2D eigenvalue weighted by molar-refractivity contribution is -0.161. The minimum atomic E-state index is -4.73. The number of aliphatic carboxylic acids is 1. The smallest absolute Gasteiger partial charge is 0.472 e. The molecule has 0 saturated heterocycles. The molecule has 0 aromatic heterocycles. The van der Waals surface area contributed by atoms with E-state index in [0.29, 0.717) is 19.3 Å². The van der Waals surface area contributed by atoms with Crippen LogP contribution in [0, 0.1) is 0 Å². The van der Waals surface area contributed by atoms with Gasteiger partial charge in [0.1, 0.15) is 12.6 Å². The average Bonchev–Trinajstić information content (AvgIpc) is 3.25. The number of carbonyl (C=O) groups is 3. The molecule has 0 aliphatic rings. The van der Waals surface area contributed by atoms with Crippen molar-refractivity contribution < 1.29 is 47.5 Å². The van der Waals surface area contributed by atoms with Crippen molar-refractivity contribution in [2.75, 3.05) is 19.8 Å². The first-order valence-electron chi connectivity index (χ1n) is 24.7. The Kier molecular flexibility index (Phi) is 43.2. The van der Waals surface area contributed by atoms with E-state index in [9.17, 15) is 23.8 Å². The largest absolute Gasteiger partial charge is 0.480 e. The van der Waals surface area contributed by atoms with Gasteiger partial charge >= 0.3 is 25.7 Å². The molecule has 0 fully saturated rings. The van der Waals surface area contributed by atoms with E-state index in [0.717, 1.165) is 38.5 Å². The average molecular weight is 896 g/mol. The molecule has 0 aromatic rings. The van der Waals surface area contributed by atoms with Gasteiger partial charge in [-0.05, 0) is 51.4 Å². The van der Waals surface area contributed by atoms with Crippen LogP contribution in [0.5, 0.6) is 0 Å². The van der Waals surface area contributed by atoms with Gasteiger partial charge in [-0.1, -0.05) is 204 Å². The Morgan fingerprint density at radius 1 is 0.500 bits per heavy atom. The highest BCUT2D eigenvalue weighted by molar-refractivity contribution is 7.47. The third kappa shape index (κ3) is 44.1. The molecule has 0 saturated carbocycles. The minimum Gasteiger partial charge on any atom is -0.480 e. The number of rotatable bonds is 46. The predicted molar refractivity (Wildman–Crippen MR) is 254 cm³/mol. The van der Waals surface area contributed by atoms with E-state index in [1.165, 1.54) is 135 Å². The van der Waals surface area contributed by atoms with Crippen LogP contribution in [-0.2, 0) is 37.5 Å². The molecule has 0 amide bonds. The van der Waals surface area contributed by atoms with Crippen LogP contribution in [0.3, 0.4) is 0 Å². The summed E-state index contributed by atoms with van der Waals surface area (Å²) in [7, 11) is -4.73. The Bertz CT molecular complexity index is 1240. The van der Waals surface area contributed by atoms with Crippen LogP contribution < -0.4 is 5.73 Å². The Morgan fingerprint density at radius 3 is 1.32 bits per heavy atom. The number of allylic oxidation sites excluding steroid dienone is 8. The van der Waals surface area contributed by atoms with Crippen LogP contribution in [-0.4, -0.2) is 59.9 Å². The van der Waals surface area contributed by atoms with Crippen molar-refractivity contribution in [2.45, 2.75) is 231 Å². The van der Waals surface area contributed by atoms with Crippen molar-refractivity contribution >= 4 is 25.7 Å². The fraction of sp³-hybridized carbons (Fsp3) is 0.780. The Hall–Kier alpha value is -2.56. The number of phosphoric acid groups is 1. The summed E-state index contributed by atoms with van der Waals surface area (Å²) in [5.74, 6) is -2.44. The number of phosphoric ester groups is 1. The van der Waals surface area contributed by atoms with E-state index in [1.54, 1.807) is 0 Å². The zero-order valence-corrected chi connectivity index (χ0v) is 40.1. The molecule has 0 aliphatic carbocycles. The second kappa shape index (κ2) is 45.0. The molecule has 1 unspecified atom stereocenters. The van der Waals surface area contributed by atoms with E-state index in [2.05, 4.69) is 60.9 Å². The van der Waals surface area contributed by atoms with Gasteiger partial charge in [-0.25, -0.2) is 4.57 Å². The molecule has 3 atom stereocenters. The summed E-state index contributed by atoms with van der Waals surface area (Å²) >= 11 is 0. The topological polar surface area (TPSA) is 172 Å². The highest BCUT2D eigenvalue weighted by Gasteiger charge is 2.28. The summed E-state index contributed by atoms with van der Waals surface area (Å²) in [5, 5.41) is 8.91. The van der Waals surface area contributed by atoms with Crippen molar-refractivity contribution in [3.8, 4) is 0 Å². The number of ether oxygens (including phenoxy) is 2. The van der Waals surface area contributed by atoms with Gasteiger partial charge in [-0.15, -0.1) is 0 Å². The molecular formula is C50H90NO10P. The van der Waals surface area contributed by atoms with Gasteiger partial charge in [-0.3, -0.25) is 23.4 Å². The van der Waals surface area contributed by atoms with Crippen LogP contribution in [0.1, 0.15) is 219 Å². The number of carboxylic acid groups (broad SMARTS) is 1. The first-order valence-corrected chi connectivity index (χ1v) is 26.2. The predicted octanol–water partition coefficient (Wildman–Crippen LogP) is 13.7. The lowest BCUT2D eigenvalue weighted by Crippen LogP contribution is -2.34. The molecule has 12 heteroatoms. The molecule has 0 radical (unpaired) electrons. The number of unbranched alkanes of at least 4 members (excludes halogenated alkanes) is 24. The standard InChI is InChI=1S/C50H90NO10P/c1-3-5-7-9-11-13-15-17-19-21-22-23-24-26-27-29-31-33-35-37-39-41-48(52)58-43-46(44-59-62(56,57)60-45-47(51)50(54)55)61-49(53)42-40-38-36-34-32-30-28-25-20-18-16-14-12-10-8-6-4-2/h19,21,23-24,27,29,33,35,46-47H,3-18,20,22,25-26,28,30-32,34,36-45,51H2,1-2H3,(H,54,55)(H,56,57)/b21-19+,24-23+,29-27+,35-33+/t46-,47+/m1/s1. The van der Waals surface area contributed by atoms with E-state index in [-0.39, 0.29) is 19.4 Å². The number of hydrogen-bond donors (Lipinski definition) is 3. The van der Waals surface area contributed by atoms with Crippen LogP contribution >= 0.6 is 7.82 Å². The maximum atomic E-state index is 12.7. The highest BCUT2D eigenvalue weighted by Crippen LogP contribution is 2.43. The number of hydrogen-bond acceptors (Lipinski definition) is 9. The maximum absolute atomic E-state index is 12.7. The summed E-state index contributed by atoms with van der Waals surface area (Å²) in [4.78, 5) is 46.1. The van der Waals surface area contributed by atoms with Crippen molar-refractivity contribution in [1.29, 1.82) is 0 Å². The molecule has 0 rings (SSSR count).